The third-order valence-electron chi connectivity index (χ3n) is 1.76. The molecule has 0 saturated heterocycles. The van der Waals surface area contributed by atoms with Gasteiger partial charge in [-0.3, -0.25) is 4.79 Å². The molecule has 1 aromatic carbocycles. The summed E-state index contributed by atoms with van der Waals surface area (Å²) in [5.74, 6) is 0.436. The Balaban J connectivity index is 3.20. The first kappa shape index (κ1) is 10.9. The van der Waals surface area contributed by atoms with Gasteiger partial charge in [-0.25, -0.2) is 0 Å². The molecule has 2 N–H and O–H groups in total. The molecule has 0 fully saturated rings. The van der Waals surface area contributed by atoms with E-state index in [1.54, 1.807) is 0 Å². The molecule has 0 atom stereocenters. The summed E-state index contributed by atoms with van der Waals surface area (Å²) in [4.78, 5) is 11.7. The van der Waals surface area contributed by atoms with Crippen LogP contribution in [0.15, 0.2) is 17.0 Å². The molecule has 76 valence electrons. The Morgan fingerprint density at radius 2 is 2.00 bits per heavy atom. The first-order valence-corrected chi connectivity index (χ1v) is 5.24. The zero-order chi connectivity index (χ0) is 10.7. The van der Waals surface area contributed by atoms with Gasteiger partial charge in [-0.05, 0) is 18.7 Å². The molecule has 0 unspecified atom stereocenters. The minimum Gasteiger partial charge on any atom is -0.507 e. The number of carbonyl (C=O) groups excluding carboxylic acids is 1. The summed E-state index contributed by atoms with van der Waals surface area (Å²) in [6.45, 7) is 3.33. The van der Waals surface area contributed by atoms with Gasteiger partial charge in [0.25, 0.3) is 0 Å². The zero-order valence-corrected chi connectivity index (χ0v) is 8.89. The van der Waals surface area contributed by atoms with E-state index in [1.165, 1.54) is 30.8 Å². The average molecular weight is 212 g/mol. The monoisotopic (exact) mass is 212 g/mol. The summed E-state index contributed by atoms with van der Waals surface area (Å²) in [7, 11) is 0. The molecule has 3 nitrogen and oxygen atoms in total. The highest BCUT2D eigenvalue weighted by Gasteiger charge is 2.11. The van der Waals surface area contributed by atoms with Crippen LogP contribution in [0.4, 0.5) is 0 Å². The predicted molar refractivity (Wildman–Crippen MR) is 56.2 cm³/mol. The highest BCUT2D eigenvalue weighted by atomic mass is 32.2. The number of aromatic hydroxyl groups is 2. The third-order valence-corrected chi connectivity index (χ3v) is 2.68. The van der Waals surface area contributed by atoms with Crippen LogP contribution in [0.2, 0.25) is 0 Å². The lowest BCUT2D eigenvalue weighted by Gasteiger charge is -2.06. The van der Waals surface area contributed by atoms with Crippen LogP contribution >= 0.6 is 11.8 Å². The quantitative estimate of drug-likeness (QED) is 0.596. The van der Waals surface area contributed by atoms with Crippen molar-refractivity contribution in [3.05, 3.63) is 17.7 Å². The minimum atomic E-state index is -0.208. The lowest BCUT2D eigenvalue weighted by Crippen LogP contribution is -1.93. The van der Waals surface area contributed by atoms with Gasteiger partial charge in [0, 0.05) is 6.07 Å². The molecule has 14 heavy (non-hydrogen) atoms. The Morgan fingerprint density at radius 1 is 1.36 bits per heavy atom. The maximum atomic E-state index is 11.1. The highest BCUT2D eigenvalue weighted by Crippen LogP contribution is 2.34. The number of hydrogen-bond donors (Lipinski definition) is 2. The van der Waals surface area contributed by atoms with Crippen molar-refractivity contribution in [1.29, 1.82) is 0 Å². The number of ketones is 1. The van der Waals surface area contributed by atoms with E-state index < -0.39 is 0 Å². The van der Waals surface area contributed by atoms with E-state index in [9.17, 15) is 15.0 Å². The lowest BCUT2D eigenvalue weighted by molar-refractivity contribution is 0.101. The van der Waals surface area contributed by atoms with E-state index in [-0.39, 0.29) is 22.8 Å². The fraction of sp³-hybridized carbons (Fsp3) is 0.300. The van der Waals surface area contributed by atoms with E-state index in [2.05, 4.69) is 0 Å². The molecule has 0 radical (unpaired) electrons. The molecule has 0 aromatic heterocycles. The van der Waals surface area contributed by atoms with Crippen LogP contribution in [0.25, 0.3) is 0 Å². The number of benzene rings is 1. The summed E-state index contributed by atoms with van der Waals surface area (Å²) in [6, 6.07) is 2.72. The summed E-state index contributed by atoms with van der Waals surface area (Å²) >= 11 is 1.43. The first-order chi connectivity index (χ1) is 6.56. The maximum absolute atomic E-state index is 11.1. The van der Waals surface area contributed by atoms with Crippen molar-refractivity contribution in [2.75, 3.05) is 5.75 Å². The second kappa shape index (κ2) is 4.37. The molecule has 0 amide bonds. The largest absolute Gasteiger partial charge is 0.507 e. The molecule has 0 aliphatic rings. The van der Waals surface area contributed by atoms with E-state index in [4.69, 9.17) is 0 Å². The number of rotatable bonds is 3. The van der Waals surface area contributed by atoms with Crippen molar-refractivity contribution in [3.8, 4) is 11.5 Å². The van der Waals surface area contributed by atoms with E-state index in [0.29, 0.717) is 4.90 Å². The van der Waals surface area contributed by atoms with Crippen LogP contribution in [0.1, 0.15) is 24.2 Å². The van der Waals surface area contributed by atoms with Crippen LogP contribution in [-0.4, -0.2) is 21.7 Å². The molecule has 1 rings (SSSR count). The molecule has 0 aliphatic heterocycles. The highest BCUT2D eigenvalue weighted by molar-refractivity contribution is 7.99. The van der Waals surface area contributed by atoms with E-state index in [0.717, 1.165) is 5.75 Å². The zero-order valence-electron chi connectivity index (χ0n) is 8.07. The van der Waals surface area contributed by atoms with Crippen LogP contribution < -0.4 is 0 Å². The summed E-state index contributed by atoms with van der Waals surface area (Å²) < 4.78 is 0. The molecule has 0 aliphatic carbocycles. The van der Waals surface area contributed by atoms with Crippen LogP contribution in [0, 0.1) is 0 Å². The van der Waals surface area contributed by atoms with Gasteiger partial charge in [-0.1, -0.05) is 6.92 Å². The van der Waals surface area contributed by atoms with Crippen LogP contribution in [0.3, 0.4) is 0 Å². The van der Waals surface area contributed by atoms with E-state index >= 15 is 0 Å². The Hall–Kier alpha value is -1.16. The number of phenols is 2. The number of Topliss-reactive ketones (excluding diaryl/α,β-unsaturated/α-hetero) is 1. The van der Waals surface area contributed by atoms with Gasteiger partial charge in [0.1, 0.15) is 11.5 Å². The first-order valence-electron chi connectivity index (χ1n) is 4.26. The second-order valence-corrected chi connectivity index (χ2v) is 4.13. The summed E-state index contributed by atoms with van der Waals surface area (Å²) in [6.07, 6.45) is 0. The topological polar surface area (TPSA) is 57.5 Å². The fourth-order valence-electron chi connectivity index (χ4n) is 1.11. The standard InChI is InChI=1S/C10H12O3S/c1-3-14-10-4-7(6(2)11)8(12)5-9(10)13/h4-5,12-13H,3H2,1-2H3. The Kier molecular flexibility index (Phi) is 3.41. The summed E-state index contributed by atoms with van der Waals surface area (Å²) in [5.41, 5.74) is 0.249. The van der Waals surface area contributed by atoms with Crippen molar-refractivity contribution in [1.82, 2.24) is 0 Å². The van der Waals surface area contributed by atoms with Crippen molar-refractivity contribution < 1.29 is 15.0 Å². The molecular formula is C10H12O3S. The molecule has 0 bridgehead atoms. The molecule has 0 saturated carbocycles. The molecule has 0 heterocycles. The number of hydrogen-bond acceptors (Lipinski definition) is 4. The summed E-state index contributed by atoms with van der Waals surface area (Å²) in [5, 5.41) is 18.8. The molecule has 1 aromatic rings. The number of carbonyl (C=O) groups is 1. The fourth-order valence-corrected chi connectivity index (χ4v) is 1.83. The Labute approximate surface area is 86.8 Å². The van der Waals surface area contributed by atoms with Gasteiger partial charge in [0.2, 0.25) is 0 Å². The van der Waals surface area contributed by atoms with Gasteiger partial charge in [-0.2, -0.15) is 0 Å². The second-order valence-electron chi connectivity index (χ2n) is 2.83. The minimum absolute atomic E-state index is 0.0133. The van der Waals surface area contributed by atoms with Gasteiger partial charge in [0.15, 0.2) is 5.78 Å². The van der Waals surface area contributed by atoms with Gasteiger partial charge >= 0.3 is 0 Å². The van der Waals surface area contributed by atoms with E-state index in [1.807, 2.05) is 6.92 Å². The third kappa shape index (κ3) is 2.20. The van der Waals surface area contributed by atoms with Crippen molar-refractivity contribution >= 4 is 17.5 Å². The molecule has 4 heteroatoms. The van der Waals surface area contributed by atoms with Gasteiger partial charge < -0.3 is 10.2 Å². The van der Waals surface area contributed by atoms with Crippen LogP contribution in [0.5, 0.6) is 11.5 Å². The lowest BCUT2D eigenvalue weighted by atomic mass is 10.1. The Morgan fingerprint density at radius 3 is 2.50 bits per heavy atom. The van der Waals surface area contributed by atoms with Crippen molar-refractivity contribution in [2.45, 2.75) is 18.7 Å². The Bertz CT molecular complexity index is 361. The number of thioether (sulfide) groups is 1. The molecular weight excluding hydrogens is 200 g/mol. The number of phenolic OH excluding ortho intramolecular Hbond substituents is 2. The van der Waals surface area contributed by atoms with Crippen molar-refractivity contribution in [2.24, 2.45) is 0 Å². The van der Waals surface area contributed by atoms with Crippen molar-refractivity contribution in [3.63, 3.8) is 0 Å². The average Bonchev–Trinajstić information content (AvgIpc) is 2.09. The SMILES string of the molecule is CCSc1cc(C(C)=O)c(O)cc1O. The molecule has 0 spiro atoms. The van der Waals surface area contributed by atoms with Crippen LogP contribution in [-0.2, 0) is 0 Å². The normalized spacial score (nSPS) is 10.1. The maximum Gasteiger partial charge on any atom is 0.163 e. The van der Waals surface area contributed by atoms with Gasteiger partial charge in [0.05, 0.1) is 10.5 Å². The smallest absolute Gasteiger partial charge is 0.163 e. The van der Waals surface area contributed by atoms with Gasteiger partial charge in [-0.15, -0.1) is 11.8 Å². The predicted octanol–water partition coefficient (Wildman–Crippen LogP) is 2.41.